The maximum atomic E-state index is 13.6. The standard InChI is InChI=1S/C28H44N2O3/c1-9-18-29-19-22(20-32-30-27(5,6)16-13-17-28(30,7)8)23(25(31)33-26(2,3)4)24(29)21-14-11-10-12-15-21/h9-12,14-15,22-24H,1,13,16-20H2,2-8H3/t22-,23+,24-/m0/s1. The molecule has 33 heavy (non-hydrogen) atoms. The molecule has 0 saturated carbocycles. The molecule has 2 fully saturated rings. The summed E-state index contributed by atoms with van der Waals surface area (Å²) in [6.07, 6.45) is 5.33. The Bertz CT molecular complexity index is 796. The molecule has 1 aromatic rings. The van der Waals surface area contributed by atoms with Gasteiger partial charge >= 0.3 is 5.97 Å². The van der Waals surface area contributed by atoms with Gasteiger partial charge in [0.05, 0.1) is 12.5 Å². The molecule has 0 N–H and O–H groups in total. The number of nitrogens with zero attached hydrogens (tertiary/aromatic N) is 2. The van der Waals surface area contributed by atoms with Crippen LogP contribution in [-0.2, 0) is 14.4 Å². The minimum absolute atomic E-state index is 0.0264. The Morgan fingerprint density at radius 2 is 1.73 bits per heavy atom. The van der Waals surface area contributed by atoms with E-state index in [2.05, 4.69) is 56.4 Å². The summed E-state index contributed by atoms with van der Waals surface area (Å²) in [6.45, 7) is 20.8. The van der Waals surface area contributed by atoms with E-state index >= 15 is 0 Å². The summed E-state index contributed by atoms with van der Waals surface area (Å²) in [5.41, 5.74) is 0.520. The second-order valence-corrected chi connectivity index (χ2v) is 12.0. The van der Waals surface area contributed by atoms with Gasteiger partial charge in [-0.05, 0) is 73.3 Å². The summed E-state index contributed by atoms with van der Waals surface area (Å²) in [5, 5.41) is 2.20. The third-order valence-corrected chi connectivity index (χ3v) is 6.99. The normalized spacial score (nSPS) is 27.9. The molecule has 0 amide bonds. The van der Waals surface area contributed by atoms with E-state index in [1.54, 1.807) is 0 Å². The van der Waals surface area contributed by atoms with Gasteiger partial charge in [0.2, 0.25) is 0 Å². The van der Waals surface area contributed by atoms with Crippen LogP contribution < -0.4 is 0 Å². The van der Waals surface area contributed by atoms with Crippen molar-refractivity contribution in [3.63, 3.8) is 0 Å². The highest BCUT2D eigenvalue weighted by Gasteiger charge is 2.49. The van der Waals surface area contributed by atoms with Crippen LogP contribution in [0.4, 0.5) is 0 Å². The lowest BCUT2D eigenvalue weighted by atomic mass is 9.82. The molecule has 3 rings (SSSR count). The van der Waals surface area contributed by atoms with Gasteiger partial charge in [0, 0.05) is 36.1 Å². The number of hydroxylamine groups is 2. The van der Waals surface area contributed by atoms with Crippen molar-refractivity contribution in [2.75, 3.05) is 19.7 Å². The van der Waals surface area contributed by atoms with E-state index in [-0.39, 0.29) is 34.9 Å². The number of hydrogen-bond donors (Lipinski definition) is 0. The molecule has 2 aliphatic rings. The lowest BCUT2D eigenvalue weighted by Crippen LogP contribution is -2.58. The molecular weight excluding hydrogens is 412 g/mol. The Hall–Kier alpha value is -1.69. The minimum atomic E-state index is -0.535. The van der Waals surface area contributed by atoms with Crippen LogP contribution in [0, 0.1) is 11.8 Å². The molecule has 0 aromatic heterocycles. The lowest BCUT2D eigenvalue weighted by Gasteiger charge is -2.51. The van der Waals surface area contributed by atoms with Gasteiger partial charge in [-0.15, -0.1) is 6.58 Å². The van der Waals surface area contributed by atoms with Crippen LogP contribution in [-0.4, -0.2) is 52.3 Å². The number of ether oxygens (including phenoxy) is 1. The highest BCUT2D eigenvalue weighted by molar-refractivity contribution is 5.75. The molecule has 0 aliphatic carbocycles. The van der Waals surface area contributed by atoms with Crippen LogP contribution in [0.1, 0.15) is 79.3 Å². The predicted molar refractivity (Wildman–Crippen MR) is 134 cm³/mol. The van der Waals surface area contributed by atoms with Gasteiger partial charge in [-0.2, -0.15) is 5.06 Å². The zero-order chi connectivity index (χ0) is 24.4. The highest BCUT2D eigenvalue weighted by atomic mass is 16.7. The summed E-state index contributed by atoms with van der Waals surface area (Å²) in [6, 6.07) is 10.2. The fourth-order valence-corrected chi connectivity index (χ4v) is 5.78. The van der Waals surface area contributed by atoms with E-state index in [1.165, 1.54) is 6.42 Å². The number of likely N-dealkylation sites (tertiary alicyclic amines) is 1. The van der Waals surface area contributed by atoms with E-state index < -0.39 is 5.60 Å². The van der Waals surface area contributed by atoms with Crippen molar-refractivity contribution in [1.82, 2.24) is 9.96 Å². The number of hydrogen-bond acceptors (Lipinski definition) is 5. The van der Waals surface area contributed by atoms with Crippen molar-refractivity contribution in [3.8, 4) is 0 Å². The molecule has 2 saturated heterocycles. The van der Waals surface area contributed by atoms with Crippen LogP contribution >= 0.6 is 0 Å². The van der Waals surface area contributed by atoms with Crippen LogP contribution in [0.3, 0.4) is 0 Å². The zero-order valence-corrected chi connectivity index (χ0v) is 21.8. The maximum absolute atomic E-state index is 13.6. The first-order valence-electron chi connectivity index (χ1n) is 12.4. The van der Waals surface area contributed by atoms with Gasteiger partial charge in [0.15, 0.2) is 0 Å². The fourth-order valence-electron chi connectivity index (χ4n) is 5.78. The quantitative estimate of drug-likeness (QED) is 0.384. The van der Waals surface area contributed by atoms with Crippen LogP contribution in [0.5, 0.6) is 0 Å². The number of esters is 1. The molecule has 0 bridgehead atoms. The number of rotatable bonds is 7. The second kappa shape index (κ2) is 9.89. The number of carbonyl (C=O) groups excluding carboxylic acids is 1. The Labute approximate surface area is 201 Å². The maximum Gasteiger partial charge on any atom is 0.311 e. The van der Waals surface area contributed by atoms with Gasteiger partial charge in [0.25, 0.3) is 0 Å². The molecule has 0 unspecified atom stereocenters. The first-order chi connectivity index (χ1) is 15.4. The van der Waals surface area contributed by atoms with Crippen molar-refractivity contribution in [3.05, 3.63) is 48.6 Å². The third-order valence-electron chi connectivity index (χ3n) is 6.99. The average Bonchev–Trinajstić information content (AvgIpc) is 3.04. The Morgan fingerprint density at radius 1 is 1.12 bits per heavy atom. The Balaban J connectivity index is 1.90. The fraction of sp³-hybridized carbons (Fsp3) is 0.679. The van der Waals surface area contributed by atoms with Gasteiger partial charge in [-0.1, -0.05) is 36.4 Å². The smallest absolute Gasteiger partial charge is 0.311 e. The topological polar surface area (TPSA) is 42.0 Å². The SMILES string of the molecule is C=CCN1C[C@@H](CON2C(C)(C)CCCC2(C)C)[C@@H](C(=O)OC(C)(C)C)[C@@H]1c1ccccc1. The summed E-state index contributed by atoms with van der Waals surface area (Å²) < 4.78 is 5.94. The minimum Gasteiger partial charge on any atom is -0.460 e. The van der Waals surface area contributed by atoms with E-state index in [0.717, 1.165) is 31.5 Å². The van der Waals surface area contributed by atoms with Crippen molar-refractivity contribution in [2.45, 2.75) is 90.4 Å². The first-order valence-corrected chi connectivity index (χ1v) is 12.4. The molecule has 0 radical (unpaired) electrons. The Kier molecular flexibility index (Phi) is 7.77. The molecule has 184 valence electrons. The molecule has 2 aliphatic heterocycles. The van der Waals surface area contributed by atoms with Crippen molar-refractivity contribution >= 4 is 5.97 Å². The van der Waals surface area contributed by atoms with Gasteiger partial charge in [-0.25, -0.2) is 0 Å². The van der Waals surface area contributed by atoms with Crippen molar-refractivity contribution < 1.29 is 14.4 Å². The molecular formula is C28H44N2O3. The summed E-state index contributed by atoms with van der Waals surface area (Å²) in [7, 11) is 0. The summed E-state index contributed by atoms with van der Waals surface area (Å²) in [5.74, 6) is -0.421. The first kappa shape index (κ1) is 25.9. The van der Waals surface area contributed by atoms with Gasteiger partial charge < -0.3 is 4.74 Å². The number of carbonyl (C=O) groups is 1. The van der Waals surface area contributed by atoms with E-state index in [9.17, 15) is 4.79 Å². The molecule has 3 atom stereocenters. The highest BCUT2D eigenvalue weighted by Crippen LogP contribution is 2.44. The number of piperidine rings is 1. The molecule has 1 aromatic carbocycles. The average molecular weight is 457 g/mol. The largest absolute Gasteiger partial charge is 0.460 e. The molecule has 5 heteroatoms. The van der Waals surface area contributed by atoms with Crippen molar-refractivity contribution in [1.29, 1.82) is 0 Å². The molecule has 5 nitrogen and oxygen atoms in total. The molecule has 2 heterocycles. The monoisotopic (exact) mass is 456 g/mol. The Morgan fingerprint density at radius 3 is 2.27 bits per heavy atom. The third kappa shape index (κ3) is 6.06. The number of benzene rings is 1. The van der Waals surface area contributed by atoms with E-state index in [4.69, 9.17) is 9.57 Å². The van der Waals surface area contributed by atoms with Crippen molar-refractivity contribution in [2.24, 2.45) is 11.8 Å². The lowest BCUT2D eigenvalue weighted by molar-refractivity contribution is -0.287. The molecule has 0 spiro atoms. The summed E-state index contributed by atoms with van der Waals surface area (Å²) >= 11 is 0. The van der Waals surface area contributed by atoms with Crippen LogP contribution in [0.25, 0.3) is 0 Å². The van der Waals surface area contributed by atoms with Gasteiger partial charge in [-0.3, -0.25) is 14.5 Å². The predicted octanol–water partition coefficient (Wildman–Crippen LogP) is 5.78. The van der Waals surface area contributed by atoms with Crippen LogP contribution in [0.2, 0.25) is 0 Å². The van der Waals surface area contributed by atoms with Crippen LogP contribution in [0.15, 0.2) is 43.0 Å². The second-order valence-electron chi connectivity index (χ2n) is 12.0. The summed E-state index contributed by atoms with van der Waals surface area (Å²) in [4.78, 5) is 22.5. The van der Waals surface area contributed by atoms with Gasteiger partial charge in [0.1, 0.15) is 5.60 Å². The van der Waals surface area contributed by atoms with E-state index in [1.807, 2.05) is 45.0 Å². The van der Waals surface area contributed by atoms with E-state index in [0.29, 0.717) is 6.61 Å². The zero-order valence-electron chi connectivity index (χ0n) is 21.8.